The maximum Gasteiger partial charge on any atom is 0.414 e. The number of hydrazine groups is 1. The topological polar surface area (TPSA) is 121 Å². The fourth-order valence-corrected chi connectivity index (χ4v) is 7.12. The third-order valence-corrected chi connectivity index (χ3v) is 10.4. The first-order chi connectivity index (χ1) is 22.1. The third-order valence-electron chi connectivity index (χ3n) is 8.14. The highest BCUT2D eigenvalue weighted by atomic mass is 32.2. The zero-order valence-corrected chi connectivity index (χ0v) is 27.1. The van der Waals surface area contributed by atoms with Crippen LogP contribution in [0.2, 0.25) is 0 Å². The number of thiocarbonyl (C=S) groups is 1. The van der Waals surface area contributed by atoms with Crippen LogP contribution in [-0.2, 0) is 35.4 Å². The van der Waals surface area contributed by atoms with Gasteiger partial charge in [-0.3, -0.25) is 14.7 Å². The zero-order chi connectivity index (χ0) is 32.8. The van der Waals surface area contributed by atoms with Gasteiger partial charge in [-0.05, 0) is 42.8 Å². The summed E-state index contributed by atoms with van der Waals surface area (Å²) < 4.78 is 73.3. The number of hydrogen-bond donors (Lipinski definition) is 1. The lowest BCUT2D eigenvalue weighted by Crippen LogP contribution is -2.43. The number of amides is 2. The monoisotopic (exact) mass is 681 g/mol. The minimum absolute atomic E-state index is 0.0528. The van der Waals surface area contributed by atoms with Crippen molar-refractivity contribution in [1.29, 1.82) is 0 Å². The Bertz CT molecular complexity index is 1520. The van der Waals surface area contributed by atoms with E-state index in [1.54, 1.807) is 24.3 Å². The van der Waals surface area contributed by atoms with Gasteiger partial charge >= 0.3 is 6.09 Å². The number of ether oxygens (including phenoxy) is 3. The molecular weight excluding hydrogens is 644 g/mol. The summed E-state index contributed by atoms with van der Waals surface area (Å²) >= 11 is 5.02. The van der Waals surface area contributed by atoms with Crippen molar-refractivity contribution in [3.05, 3.63) is 53.6 Å². The number of cyclic esters (lactones) is 1. The van der Waals surface area contributed by atoms with Crippen LogP contribution in [0, 0.1) is 11.6 Å². The Morgan fingerprint density at radius 1 is 1.04 bits per heavy atom. The molecule has 3 saturated heterocycles. The molecule has 0 aliphatic carbocycles. The van der Waals surface area contributed by atoms with Crippen molar-refractivity contribution in [3.63, 3.8) is 0 Å². The highest BCUT2D eigenvalue weighted by Gasteiger charge is 2.34. The van der Waals surface area contributed by atoms with Crippen molar-refractivity contribution in [2.75, 3.05) is 75.9 Å². The molecule has 46 heavy (non-hydrogen) atoms. The number of benzene rings is 2. The van der Waals surface area contributed by atoms with Gasteiger partial charge in [-0.2, -0.15) is 4.31 Å². The maximum atomic E-state index is 15.3. The molecule has 0 aromatic heterocycles. The molecule has 12 nitrogen and oxygen atoms in total. The van der Waals surface area contributed by atoms with Crippen molar-refractivity contribution in [2.45, 2.75) is 36.7 Å². The van der Waals surface area contributed by atoms with Gasteiger partial charge in [0.05, 0.1) is 44.0 Å². The number of morpholine rings is 1. The summed E-state index contributed by atoms with van der Waals surface area (Å²) in [6, 6.07) is 8.72. The summed E-state index contributed by atoms with van der Waals surface area (Å²) in [5.74, 6) is -1.85. The standard InChI is InChI=1S/C30H37F2N5O7S2/c1-42-28(45)9-5-23-20-36(30(39)44-23)22-18-25(31)29(26(32)19-22)34-11-10-33-37(13-12-34)27(38)8-4-21-2-6-24(7-3-21)46(40,41)35-14-16-43-17-15-35/h2-3,6-7,18-19,23,33H,4-5,8-17,20H2,1H3/t23-/m0/s1. The van der Waals surface area contributed by atoms with Crippen molar-refractivity contribution in [1.82, 2.24) is 14.7 Å². The number of aryl methyl sites for hydroxylation is 1. The van der Waals surface area contributed by atoms with E-state index in [-0.39, 0.29) is 61.3 Å². The Kier molecular flexibility index (Phi) is 11.0. The second-order valence-electron chi connectivity index (χ2n) is 11.1. The van der Waals surface area contributed by atoms with Gasteiger partial charge in [-0.15, -0.1) is 0 Å². The van der Waals surface area contributed by atoms with E-state index in [9.17, 15) is 18.0 Å². The first-order valence-corrected chi connectivity index (χ1v) is 16.9. The number of halogens is 2. The predicted octanol–water partition coefficient (Wildman–Crippen LogP) is 2.85. The quantitative estimate of drug-likeness (QED) is 0.375. The van der Waals surface area contributed by atoms with E-state index in [2.05, 4.69) is 5.43 Å². The number of hydrogen-bond acceptors (Lipinski definition) is 10. The molecule has 5 rings (SSSR count). The number of rotatable bonds is 10. The van der Waals surface area contributed by atoms with Crippen LogP contribution in [0.3, 0.4) is 0 Å². The van der Waals surface area contributed by atoms with Gasteiger partial charge in [-0.25, -0.2) is 27.4 Å². The molecule has 2 aromatic carbocycles. The smallest absolute Gasteiger partial charge is 0.414 e. The third kappa shape index (κ3) is 7.91. The van der Waals surface area contributed by atoms with Crippen LogP contribution in [-0.4, -0.2) is 107 Å². The fourth-order valence-electron chi connectivity index (χ4n) is 5.59. The van der Waals surface area contributed by atoms with Crippen LogP contribution in [0.1, 0.15) is 24.8 Å². The Labute approximate surface area is 272 Å². The normalized spacial score (nSPS) is 19.6. The van der Waals surface area contributed by atoms with Crippen LogP contribution < -0.4 is 15.2 Å². The minimum atomic E-state index is -3.60. The lowest BCUT2D eigenvalue weighted by molar-refractivity contribution is -0.133. The number of carbonyl (C=O) groups excluding carboxylic acids is 2. The number of methoxy groups -OCH3 is 1. The Hall–Kier alpha value is -3.44. The van der Waals surface area contributed by atoms with Crippen LogP contribution in [0.4, 0.5) is 25.0 Å². The van der Waals surface area contributed by atoms with Crippen LogP contribution in [0.5, 0.6) is 0 Å². The van der Waals surface area contributed by atoms with Crippen molar-refractivity contribution in [2.24, 2.45) is 0 Å². The van der Waals surface area contributed by atoms with Crippen molar-refractivity contribution in [3.8, 4) is 0 Å². The first kappa shape index (κ1) is 33.9. The summed E-state index contributed by atoms with van der Waals surface area (Å²) in [6.07, 6.45) is 0.216. The van der Waals surface area contributed by atoms with E-state index in [1.807, 2.05) is 0 Å². The average Bonchev–Trinajstić information content (AvgIpc) is 3.26. The van der Waals surface area contributed by atoms with E-state index in [1.165, 1.54) is 26.2 Å². The predicted molar refractivity (Wildman–Crippen MR) is 169 cm³/mol. The molecule has 1 atom stereocenters. The van der Waals surface area contributed by atoms with Crippen LogP contribution in [0.25, 0.3) is 0 Å². The maximum absolute atomic E-state index is 15.3. The Morgan fingerprint density at radius 3 is 2.41 bits per heavy atom. The molecule has 3 aliphatic rings. The lowest BCUT2D eigenvalue weighted by atomic mass is 10.1. The summed E-state index contributed by atoms with van der Waals surface area (Å²) in [5, 5.41) is 1.82. The van der Waals surface area contributed by atoms with Gasteiger partial charge < -0.3 is 19.1 Å². The highest BCUT2D eigenvalue weighted by molar-refractivity contribution is 7.89. The molecule has 1 N–H and O–H groups in total. The minimum Gasteiger partial charge on any atom is -0.490 e. The Morgan fingerprint density at radius 2 is 1.74 bits per heavy atom. The molecule has 250 valence electrons. The molecule has 0 radical (unpaired) electrons. The number of nitrogens with one attached hydrogen (secondary N) is 1. The van der Waals surface area contributed by atoms with Gasteiger partial charge in [0.1, 0.15) is 11.8 Å². The number of carbonyl (C=O) groups is 2. The molecule has 0 spiro atoms. The zero-order valence-electron chi connectivity index (χ0n) is 25.5. The average molecular weight is 682 g/mol. The number of anilines is 2. The second kappa shape index (κ2) is 15.0. The Balaban J connectivity index is 1.14. The number of sulfonamides is 1. The highest BCUT2D eigenvalue weighted by Crippen LogP contribution is 2.32. The molecule has 2 aromatic rings. The van der Waals surface area contributed by atoms with Gasteiger partial charge in [0.15, 0.2) is 16.7 Å². The van der Waals surface area contributed by atoms with Crippen LogP contribution in [0.15, 0.2) is 41.3 Å². The van der Waals surface area contributed by atoms with Crippen molar-refractivity contribution >= 4 is 50.7 Å². The molecule has 3 aliphatic heterocycles. The van der Waals surface area contributed by atoms with Gasteiger partial charge in [0.25, 0.3) is 0 Å². The molecule has 3 fully saturated rings. The molecule has 0 unspecified atom stereocenters. The summed E-state index contributed by atoms with van der Waals surface area (Å²) in [7, 11) is -2.14. The van der Waals surface area contributed by atoms with E-state index >= 15 is 8.78 Å². The summed E-state index contributed by atoms with van der Waals surface area (Å²) in [5.41, 5.74) is 3.65. The SMILES string of the molecule is COC(=S)CC[C@H]1CN(c2cc(F)c(N3CCNN(C(=O)CCc4ccc(S(=O)(=O)N5CCOCC5)cc4)CC3)c(F)c2)C(=O)O1. The summed E-state index contributed by atoms with van der Waals surface area (Å²) in [4.78, 5) is 28.3. The van der Waals surface area contributed by atoms with Gasteiger partial charge in [0.2, 0.25) is 15.9 Å². The molecule has 2 amide bonds. The molecule has 0 saturated carbocycles. The first-order valence-electron chi connectivity index (χ1n) is 15.1. The fraction of sp³-hybridized carbons (Fsp3) is 0.500. The molecular formula is C30H37F2N5O7S2. The van der Waals surface area contributed by atoms with Crippen molar-refractivity contribution < 1.29 is 41.0 Å². The van der Waals surface area contributed by atoms with E-state index in [4.69, 9.17) is 26.4 Å². The summed E-state index contributed by atoms with van der Waals surface area (Å²) in [6.45, 7) is 2.34. The number of nitrogens with zero attached hydrogens (tertiary/aromatic N) is 4. The molecule has 0 bridgehead atoms. The lowest BCUT2D eigenvalue weighted by Gasteiger charge is -2.26. The van der Waals surface area contributed by atoms with Gasteiger partial charge in [-0.1, -0.05) is 12.1 Å². The van der Waals surface area contributed by atoms with Gasteiger partial charge in [0, 0.05) is 57.7 Å². The van der Waals surface area contributed by atoms with E-state index in [0.29, 0.717) is 50.6 Å². The molecule has 3 heterocycles. The molecule has 16 heteroatoms. The largest absolute Gasteiger partial charge is 0.490 e. The van der Waals surface area contributed by atoms with E-state index in [0.717, 1.165) is 17.7 Å². The van der Waals surface area contributed by atoms with Crippen LogP contribution >= 0.6 is 12.2 Å². The second-order valence-corrected chi connectivity index (χ2v) is 13.5. The van der Waals surface area contributed by atoms with E-state index < -0.39 is 33.9 Å².